The van der Waals surface area contributed by atoms with Crippen molar-refractivity contribution >= 4 is 34.6 Å². The number of rotatable bonds is 5. The third-order valence-electron chi connectivity index (χ3n) is 4.85. The van der Waals surface area contributed by atoms with E-state index in [1.165, 1.54) is 11.8 Å². The van der Waals surface area contributed by atoms with Gasteiger partial charge in [-0.05, 0) is 13.0 Å². The Bertz CT molecular complexity index is 1100. The number of amides is 1. The number of fused-ring (bicyclic) bond motifs is 1. The molecule has 2 aromatic rings. The molecule has 0 spiro atoms. The number of ether oxygens (including phenoxy) is 1. The Morgan fingerprint density at radius 3 is 2.72 bits per heavy atom. The fraction of sp³-hybridized carbons (Fsp3) is 0.333. The third-order valence-corrected chi connectivity index (χ3v) is 5.88. The van der Waals surface area contributed by atoms with Crippen LogP contribution >= 0.6 is 11.8 Å². The van der Waals surface area contributed by atoms with E-state index in [1.54, 1.807) is 32.9 Å². The van der Waals surface area contributed by atoms with E-state index in [1.807, 2.05) is 18.2 Å². The Hall–Kier alpha value is -3.23. The van der Waals surface area contributed by atoms with Crippen molar-refractivity contribution in [1.29, 1.82) is 10.5 Å². The molecular weight excluding hydrogens is 390 g/mol. The summed E-state index contributed by atoms with van der Waals surface area (Å²) in [5.74, 6) is -1.57. The molecule has 2 heterocycles. The lowest BCUT2D eigenvalue weighted by Crippen LogP contribution is -2.44. The monoisotopic (exact) mass is 409 g/mol. The Morgan fingerprint density at radius 2 is 2.07 bits per heavy atom. The number of carbonyl (C=O) groups excluding carboxylic acids is 2. The molecular formula is C21H19N3O4S. The first-order valence-electron chi connectivity index (χ1n) is 9.00. The summed E-state index contributed by atoms with van der Waals surface area (Å²) >= 11 is 1.22. The lowest BCUT2D eigenvalue weighted by Gasteiger charge is -2.34. The first-order valence-corrected chi connectivity index (χ1v) is 9.99. The van der Waals surface area contributed by atoms with E-state index < -0.39 is 23.2 Å². The van der Waals surface area contributed by atoms with Crippen molar-refractivity contribution in [3.05, 3.63) is 46.2 Å². The van der Waals surface area contributed by atoms with Gasteiger partial charge in [0.15, 0.2) is 0 Å². The SMILES string of the molecule is CCOC(=O)c1oc2ccccc2c1CSC1=C(C#N)C(C)(C)[C@H](C#N)C(=O)N1. The summed E-state index contributed by atoms with van der Waals surface area (Å²) in [7, 11) is 0. The summed E-state index contributed by atoms with van der Waals surface area (Å²) in [5, 5.41) is 22.8. The molecule has 1 N–H and O–H groups in total. The van der Waals surface area contributed by atoms with E-state index >= 15 is 0 Å². The van der Waals surface area contributed by atoms with Crippen LogP contribution in [0.2, 0.25) is 0 Å². The van der Waals surface area contributed by atoms with E-state index in [9.17, 15) is 20.1 Å². The molecule has 1 atom stereocenters. The van der Waals surface area contributed by atoms with E-state index in [0.717, 1.165) is 5.39 Å². The van der Waals surface area contributed by atoms with Gasteiger partial charge in [-0.1, -0.05) is 32.0 Å². The van der Waals surface area contributed by atoms with Gasteiger partial charge >= 0.3 is 5.97 Å². The molecule has 8 heteroatoms. The maximum Gasteiger partial charge on any atom is 0.374 e. The summed E-state index contributed by atoms with van der Waals surface area (Å²) < 4.78 is 10.8. The zero-order chi connectivity index (χ0) is 21.2. The number of esters is 1. The number of nitrogens with one attached hydrogen (secondary N) is 1. The summed E-state index contributed by atoms with van der Waals surface area (Å²) in [4.78, 5) is 24.7. The Kier molecular flexibility index (Phi) is 5.67. The zero-order valence-corrected chi connectivity index (χ0v) is 17.1. The van der Waals surface area contributed by atoms with Gasteiger partial charge in [0, 0.05) is 22.1 Å². The molecule has 0 fully saturated rings. The van der Waals surface area contributed by atoms with Crippen molar-refractivity contribution in [2.45, 2.75) is 26.5 Å². The standard InChI is InChI=1S/C21H19N3O4S/c1-4-27-20(26)17-13(12-7-5-6-8-16(12)28-17)11-29-19-15(10-23)21(2,3)14(9-22)18(25)24-19/h5-8,14H,4,11H2,1-3H3,(H,24,25)/t14-/m1/s1. The number of nitriles is 2. The predicted molar refractivity (Wildman–Crippen MR) is 107 cm³/mol. The van der Waals surface area contributed by atoms with Crippen LogP contribution in [0.3, 0.4) is 0 Å². The van der Waals surface area contributed by atoms with Crippen LogP contribution < -0.4 is 5.32 Å². The van der Waals surface area contributed by atoms with Gasteiger partial charge in [-0.3, -0.25) is 4.79 Å². The molecule has 1 aliphatic heterocycles. The van der Waals surface area contributed by atoms with E-state index in [0.29, 0.717) is 21.7 Å². The van der Waals surface area contributed by atoms with E-state index in [2.05, 4.69) is 11.4 Å². The largest absolute Gasteiger partial charge is 0.460 e. The number of nitrogens with zero attached hydrogens (tertiary/aromatic N) is 2. The summed E-state index contributed by atoms with van der Waals surface area (Å²) in [5.41, 5.74) is 0.594. The molecule has 1 aromatic carbocycles. The highest BCUT2D eigenvalue weighted by molar-refractivity contribution is 8.02. The fourth-order valence-corrected chi connectivity index (χ4v) is 4.48. The topological polar surface area (TPSA) is 116 Å². The molecule has 0 saturated carbocycles. The lowest BCUT2D eigenvalue weighted by molar-refractivity contribution is -0.125. The van der Waals surface area contributed by atoms with Crippen LogP contribution in [-0.2, 0) is 15.3 Å². The van der Waals surface area contributed by atoms with Crippen molar-refractivity contribution in [3.8, 4) is 12.1 Å². The van der Waals surface area contributed by atoms with E-state index in [-0.39, 0.29) is 18.1 Å². The second-order valence-corrected chi connectivity index (χ2v) is 7.99. The Morgan fingerprint density at radius 1 is 1.34 bits per heavy atom. The smallest absolute Gasteiger partial charge is 0.374 e. The molecule has 0 unspecified atom stereocenters. The minimum absolute atomic E-state index is 0.107. The van der Waals surface area contributed by atoms with Crippen LogP contribution in [0.1, 0.15) is 36.9 Å². The van der Waals surface area contributed by atoms with Gasteiger partial charge in [-0.2, -0.15) is 10.5 Å². The molecule has 0 saturated heterocycles. The van der Waals surface area contributed by atoms with Gasteiger partial charge in [0.1, 0.15) is 11.5 Å². The van der Waals surface area contributed by atoms with Crippen LogP contribution in [-0.4, -0.2) is 18.5 Å². The first-order chi connectivity index (χ1) is 13.8. The second-order valence-electron chi connectivity index (χ2n) is 7.00. The molecule has 29 heavy (non-hydrogen) atoms. The third kappa shape index (κ3) is 3.59. The highest BCUT2D eigenvalue weighted by Crippen LogP contribution is 2.43. The number of para-hydroxylation sites is 1. The first kappa shape index (κ1) is 20.5. The molecule has 3 rings (SSSR count). The number of allylic oxidation sites excluding steroid dienone is 1. The van der Waals surface area contributed by atoms with Gasteiger partial charge in [0.2, 0.25) is 11.7 Å². The van der Waals surface area contributed by atoms with Crippen molar-refractivity contribution < 1.29 is 18.7 Å². The Labute approximate surface area is 172 Å². The van der Waals surface area contributed by atoms with Gasteiger partial charge in [0.25, 0.3) is 0 Å². The van der Waals surface area contributed by atoms with E-state index in [4.69, 9.17) is 9.15 Å². The van der Waals surface area contributed by atoms with Crippen molar-refractivity contribution in [2.24, 2.45) is 11.3 Å². The highest BCUT2D eigenvalue weighted by Gasteiger charge is 2.44. The number of hydrogen-bond acceptors (Lipinski definition) is 7. The average molecular weight is 409 g/mol. The number of carbonyl (C=O) groups is 2. The summed E-state index contributed by atoms with van der Waals surface area (Å²) in [6.45, 7) is 5.34. The quantitative estimate of drug-likeness (QED) is 0.745. The van der Waals surface area contributed by atoms with Crippen LogP contribution in [0.4, 0.5) is 0 Å². The van der Waals surface area contributed by atoms with Crippen LogP contribution in [0, 0.1) is 34.0 Å². The normalized spacial score (nSPS) is 18.1. The average Bonchev–Trinajstić information content (AvgIpc) is 3.05. The van der Waals surface area contributed by atoms with Gasteiger partial charge < -0.3 is 14.5 Å². The van der Waals surface area contributed by atoms with Crippen LogP contribution in [0.5, 0.6) is 0 Å². The maximum absolute atomic E-state index is 12.4. The lowest BCUT2D eigenvalue weighted by atomic mass is 9.72. The highest BCUT2D eigenvalue weighted by atomic mass is 32.2. The maximum atomic E-state index is 12.4. The van der Waals surface area contributed by atoms with Crippen LogP contribution in [0.25, 0.3) is 11.0 Å². The zero-order valence-electron chi connectivity index (χ0n) is 16.2. The van der Waals surface area contributed by atoms with Gasteiger partial charge in [-0.25, -0.2) is 4.79 Å². The number of thioether (sulfide) groups is 1. The summed E-state index contributed by atoms with van der Waals surface area (Å²) in [6.07, 6.45) is 0. The number of benzene rings is 1. The number of hydrogen-bond donors (Lipinski definition) is 1. The second kappa shape index (κ2) is 8.02. The number of furan rings is 1. The molecule has 1 amide bonds. The minimum Gasteiger partial charge on any atom is -0.460 e. The molecule has 148 valence electrons. The molecule has 0 aliphatic carbocycles. The predicted octanol–water partition coefficient (Wildman–Crippen LogP) is 3.87. The van der Waals surface area contributed by atoms with Gasteiger partial charge in [-0.15, -0.1) is 11.8 Å². The fourth-order valence-electron chi connectivity index (χ4n) is 3.28. The molecule has 0 bridgehead atoms. The van der Waals surface area contributed by atoms with Crippen molar-refractivity contribution in [2.75, 3.05) is 6.61 Å². The summed E-state index contributed by atoms with van der Waals surface area (Å²) in [6, 6.07) is 11.4. The molecule has 0 radical (unpaired) electrons. The van der Waals surface area contributed by atoms with Crippen molar-refractivity contribution in [1.82, 2.24) is 5.32 Å². The molecule has 1 aliphatic rings. The Balaban J connectivity index is 2.00. The van der Waals surface area contributed by atoms with Crippen molar-refractivity contribution in [3.63, 3.8) is 0 Å². The van der Waals surface area contributed by atoms with Gasteiger partial charge in [0.05, 0.1) is 29.3 Å². The van der Waals surface area contributed by atoms with Crippen LogP contribution in [0.15, 0.2) is 39.3 Å². The molecule has 7 nitrogen and oxygen atoms in total. The molecule has 1 aromatic heterocycles. The minimum atomic E-state index is -0.952.